The van der Waals surface area contributed by atoms with Crippen LogP contribution < -0.4 is 4.74 Å². The minimum absolute atomic E-state index is 0.486. The maximum absolute atomic E-state index is 12.1. The minimum atomic E-state index is -0.834. The maximum atomic E-state index is 12.1. The van der Waals surface area contributed by atoms with Crippen LogP contribution in [0.5, 0.6) is 5.75 Å². The summed E-state index contributed by atoms with van der Waals surface area (Å²) < 4.78 is 16.8. The molecule has 0 saturated carbocycles. The topological polar surface area (TPSA) is 50.8 Å². The second kappa shape index (κ2) is 5.75. The second-order valence-electron chi connectivity index (χ2n) is 4.65. The SMILES string of the molecule is Cc1cccc(-c2n[nH]c(-c3ccc(OCF)cc3)n2)c1. The van der Waals surface area contributed by atoms with Gasteiger partial charge in [-0.05, 0) is 37.3 Å². The Balaban J connectivity index is 1.87. The second-order valence-corrected chi connectivity index (χ2v) is 4.65. The molecule has 0 aliphatic rings. The zero-order chi connectivity index (χ0) is 14.7. The average molecular weight is 283 g/mol. The van der Waals surface area contributed by atoms with E-state index in [-0.39, 0.29) is 0 Å². The van der Waals surface area contributed by atoms with Crippen molar-refractivity contribution in [1.82, 2.24) is 15.2 Å². The number of aryl methyl sites for hydroxylation is 1. The highest BCUT2D eigenvalue weighted by atomic mass is 19.1. The molecule has 0 aliphatic heterocycles. The largest absolute Gasteiger partial charge is 0.463 e. The summed E-state index contributed by atoms with van der Waals surface area (Å²) in [6.07, 6.45) is 0. The molecule has 1 aromatic heterocycles. The number of nitrogens with zero attached hydrogens (tertiary/aromatic N) is 2. The van der Waals surface area contributed by atoms with Crippen molar-refractivity contribution < 1.29 is 9.13 Å². The van der Waals surface area contributed by atoms with Gasteiger partial charge in [-0.15, -0.1) is 0 Å². The Morgan fingerprint density at radius 2 is 1.90 bits per heavy atom. The van der Waals surface area contributed by atoms with E-state index in [1.807, 2.05) is 43.3 Å². The fourth-order valence-corrected chi connectivity index (χ4v) is 2.08. The number of nitrogens with one attached hydrogen (secondary N) is 1. The van der Waals surface area contributed by atoms with Crippen molar-refractivity contribution in [3.05, 3.63) is 54.1 Å². The first-order valence-corrected chi connectivity index (χ1v) is 6.55. The van der Waals surface area contributed by atoms with Crippen LogP contribution in [0.3, 0.4) is 0 Å². The van der Waals surface area contributed by atoms with Gasteiger partial charge in [-0.25, -0.2) is 9.37 Å². The lowest BCUT2D eigenvalue weighted by atomic mass is 10.1. The molecule has 21 heavy (non-hydrogen) atoms. The fraction of sp³-hybridized carbons (Fsp3) is 0.125. The summed E-state index contributed by atoms with van der Waals surface area (Å²) in [6.45, 7) is 1.19. The molecule has 106 valence electrons. The fourth-order valence-electron chi connectivity index (χ4n) is 2.08. The highest BCUT2D eigenvalue weighted by Gasteiger charge is 2.08. The van der Waals surface area contributed by atoms with Crippen molar-refractivity contribution >= 4 is 0 Å². The summed E-state index contributed by atoms with van der Waals surface area (Å²) in [6, 6.07) is 15.0. The van der Waals surface area contributed by atoms with Crippen molar-refractivity contribution in [3.63, 3.8) is 0 Å². The molecule has 3 aromatic rings. The van der Waals surface area contributed by atoms with Gasteiger partial charge in [-0.3, -0.25) is 5.10 Å². The summed E-state index contributed by atoms with van der Waals surface area (Å²) in [7, 11) is 0. The molecule has 0 saturated heterocycles. The lowest BCUT2D eigenvalue weighted by Crippen LogP contribution is -1.89. The predicted octanol–water partition coefficient (Wildman–Crippen LogP) is 3.75. The van der Waals surface area contributed by atoms with Crippen molar-refractivity contribution in [1.29, 1.82) is 0 Å². The predicted molar refractivity (Wildman–Crippen MR) is 78.6 cm³/mol. The van der Waals surface area contributed by atoms with Crippen LogP contribution in [-0.4, -0.2) is 22.0 Å². The van der Waals surface area contributed by atoms with Gasteiger partial charge in [0.05, 0.1) is 0 Å². The molecule has 0 aliphatic carbocycles. The van der Waals surface area contributed by atoms with E-state index in [9.17, 15) is 4.39 Å². The zero-order valence-corrected chi connectivity index (χ0v) is 11.5. The molecular formula is C16H14FN3O. The molecule has 0 amide bonds. The molecule has 0 bridgehead atoms. The van der Waals surface area contributed by atoms with Crippen LogP contribution in [0.2, 0.25) is 0 Å². The van der Waals surface area contributed by atoms with Crippen LogP contribution in [0.25, 0.3) is 22.8 Å². The standard InChI is InChI=1S/C16H14FN3O/c1-11-3-2-4-13(9-11)16-18-15(19-20-16)12-5-7-14(8-6-12)21-10-17/h2-9H,10H2,1H3,(H,18,19,20). The average Bonchev–Trinajstić information content (AvgIpc) is 2.98. The summed E-state index contributed by atoms with van der Waals surface area (Å²) in [5.41, 5.74) is 2.99. The third kappa shape index (κ3) is 2.91. The molecule has 4 nitrogen and oxygen atoms in total. The van der Waals surface area contributed by atoms with Crippen LogP contribution in [0.1, 0.15) is 5.56 Å². The summed E-state index contributed by atoms with van der Waals surface area (Å²) >= 11 is 0. The van der Waals surface area contributed by atoms with E-state index in [1.165, 1.54) is 0 Å². The summed E-state index contributed by atoms with van der Waals surface area (Å²) in [5.74, 6) is 1.80. The number of aromatic nitrogens is 3. The summed E-state index contributed by atoms with van der Waals surface area (Å²) in [4.78, 5) is 4.49. The Morgan fingerprint density at radius 1 is 1.10 bits per heavy atom. The normalized spacial score (nSPS) is 10.6. The Hall–Kier alpha value is -2.69. The van der Waals surface area contributed by atoms with E-state index in [1.54, 1.807) is 12.1 Å². The van der Waals surface area contributed by atoms with Gasteiger partial charge in [0.2, 0.25) is 6.86 Å². The quantitative estimate of drug-likeness (QED) is 0.793. The molecule has 0 fully saturated rings. The van der Waals surface area contributed by atoms with Gasteiger partial charge in [0.25, 0.3) is 0 Å². The van der Waals surface area contributed by atoms with Crippen LogP contribution in [-0.2, 0) is 0 Å². The third-order valence-electron chi connectivity index (χ3n) is 3.11. The van der Waals surface area contributed by atoms with Crippen molar-refractivity contribution in [3.8, 4) is 28.5 Å². The van der Waals surface area contributed by atoms with Gasteiger partial charge in [0.1, 0.15) is 5.75 Å². The Labute approximate surface area is 121 Å². The first-order chi connectivity index (χ1) is 10.3. The number of rotatable bonds is 4. The first-order valence-electron chi connectivity index (χ1n) is 6.55. The molecule has 0 radical (unpaired) electrons. The van der Waals surface area contributed by atoms with E-state index in [0.29, 0.717) is 17.4 Å². The molecule has 1 heterocycles. The monoisotopic (exact) mass is 283 g/mol. The number of alkyl halides is 1. The number of hydrogen-bond donors (Lipinski definition) is 1. The molecule has 3 rings (SSSR count). The molecule has 0 unspecified atom stereocenters. The lowest BCUT2D eigenvalue weighted by molar-refractivity contribution is 0.192. The zero-order valence-electron chi connectivity index (χ0n) is 11.5. The number of hydrogen-bond acceptors (Lipinski definition) is 3. The van der Waals surface area contributed by atoms with Gasteiger partial charge in [0, 0.05) is 11.1 Å². The van der Waals surface area contributed by atoms with Crippen molar-refractivity contribution in [2.45, 2.75) is 6.92 Å². The number of ether oxygens (including phenoxy) is 1. The minimum Gasteiger partial charge on any atom is -0.463 e. The van der Waals surface area contributed by atoms with Gasteiger partial charge in [-0.2, -0.15) is 5.10 Å². The number of benzene rings is 2. The maximum Gasteiger partial charge on any atom is 0.228 e. The van der Waals surface area contributed by atoms with E-state index in [0.717, 1.165) is 16.7 Å². The lowest BCUT2D eigenvalue weighted by Gasteiger charge is -2.01. The molecular weight excluding hydrogens is 269 g/mol. The number of halogens is 1. The van der Waals surface area contributed by atoms with Crippen molar-refractivity contribution in [2.75, 3.05) is 6.86 Å². The van der Waals surface area contributed by atoms with Gasteiger partial charge >= 0.3 is 0 Å². The van der Waals surface area contributed by atoms with E-state index in [4.69, 9.17) is 4.74 Å². The van der Waals surface area contributed by atoms with E-state index < -0.39 is 6.86 Å². The summed E-state index contributed by atoms with van der Waals surface area (Å²) in [5, 5.41) is 7.15. The first kappa shape index (κ1) is 13.3. The molecule has 2 aromatic carbocycles. The van der Waals surface area contributed by atoms with E-state index >= 15 is 0 Å². The van der Waals surface area contributed by atoms with E-state index in [2.05, 4.69) is 15.2 Å². The molecule has 0 atom stereocenters. The smallest absolute Gasteiger partial charge is 0.228 e. The number of aromatic amines is 1. The van der Waals surface area contributed by atoms with Gasteiger partial charge in [-0.1, -0.05) is 23.8 Å². The van der Waals surface area contributed by atoms with Crippen LogP contribution in [0.15, 0.2) is 48.5 Å². The molecule has 5 heteroatoms. The highest BCUT2D eigenvalue weighted by molar-refractivity contribution is 5.62. The Kier molecular flexibility index (Phi) is 3.64. The Morgan fingerprint density at radius 3 is 2.62 bits per heavy atom. The van der Waals surface area contributed by atoms with Crippen LogP contribution in [0, 0.1) is 6.92 Å². The van der Waals surface area contributed by atoms with Crippen LogP contribution >= 0.6 is 0 Å². The highest BCUT2D eigenvalue weighted by Crippen LogP contribution is 2.22. The van der Waals surface area contributed by atoms with Crippen LogP contribution in [0.4, 0.5) is 4.39 Å². The third-order valence-corrected chi connectivity index (χ3v) is 3.11. The molecule has 1 N–H and O–H groups in total. The number of H-pyrrole nitrogens is 1. The van der Waals surface area contributed by atoms with Gasteiger partial charge in [0.15, 0.2) is 11.6 Å². The van der Waals surface area contributed by atoms with Crippen molar-refractivity contribution in [2.24, 2.45) is 0 Å². The molecule has 0 spiro atoms. The Bertz CT molecular complexity index is 737. The van der Waals surface area contributed by atoms with Gasteiger partial charge < -0.3 is 4.74 Å².